The molecule has 13 nitrogen and oxygen atoms in total. The van der Waals surface area contributed by atoms with E-state index in [2.05, 4.69) is 43.1 Å². The summed E-state index contributed by atoms with van der Waals surface area (Å²) in [6, 6.07) is 11.7. The maximum atomic E-state index is 16.8. The average Bonchev–Trinajstić information content (AvgIpc) is 3.24. The summed E-state index contributed by atoms with van der Waals surface area (Å²) >= 11 is 0. The van der Waals surface area contributed by atoms with Crippen LogP contribution in [0.1, 0.15) is 44.1 Å². The Hall–Kier alpha value is -5.33. The van der Waals surface area contributed by atoms with Crippen LogP contribution in [-0.4, -0.2) is 89.7 Å². The number of hydrogen-bond acceptors (Lipinski definition) is 11. The third kappa shape index (κ3) is 7.25. The minimum absolute atomic E-state index is 0.0584. The lowest BCUT2D eigenvalue weighted by molar-refractivity contribution is -0.136. The standard InChI is InChI=1S/C43H49FN10O3/c44-34-9-2-5-16-43(34,51-33-10-11-36(55)50-39(33)57)40(18-21-46-22-19-40)27-32-28-47-23-24-54(32)35-13-20-48-38(49-35)31-8-6-7-30(25-31)26-42(17-12-37(56)52-53-42)41(29-45)14-3-1-4-15-41/h1-9,12-14,16-17,20,25,32-34,46-47,51,53H,10-11,15,18-19,21-24,26-28H2,(H,52,56)(H,50,55,57). The van der Waals surface area contributed by atoms with E-state index in [0.29, 0.717) is 70.5 Å². The molecule has 6 aliphatic rings. The average molecular weight is 773 g/mol. The Morgan fingerprint density at radius 3 is 2.63 bits per heavy atom. The van der Waals surface area contributed by atoms with E-state index in [1.807, 2.05) is 66.8 Å². The Labute approximate surface area is 332 Å². The maximum absolute atomic E-state index is 16.8. The summed E-state index contributed by atoms with van der Waals surface area (Å²) in [5.74, 6) is 0.321. The number of piperidine rings is 2. The van der Waals surface area contributed by atoms with Crippen molar-refractivity contribution in [3.8, 4) is 17.5 Å². The summed E-state index contributed by atoms with van der Waals surface area (Å²) in [5.41, 5.74) is 4.05. The summed E-state index contributed by atoms with van der Waals surface area (Å²) in [7, 11) is 0. The van der Waals surface area contributed by atoms with Crippen molar-refractivity contribution in [2.45, 2.75) is 74.3 Å². The van der Waals surface area contributed by atoms with Crippen molar-refractivity contribution >= 4 is 23.5 Å². The molecule has 6 unspecified atom stereocenters. The summed E-state index contributed by atoms with van der Waals surface area (Å²) < 4.78 is 16.8. The van der Waals surface area contributed by atoms with Crippen LogP contribution in [0.5, 0.6) is 0 Å². The number of anilines is 1. The summed E-state index contributed by atoms with van der Waals surface area (Å²) in [5, 5.41) is 23.5. The number of nitrogens with one attached hydrogen (secondary N) is 6. The molecule has 3 fully saturated rings. The number of aromatic nitrogens is 2. The molecule has 2 aliphatic carbocycles. The fourth-order valence-electron chi connectivity index (χ4n) is 9.79. The van der Waals surface area contributed by atoms with Crippen molar-refractivity contribution in [2.24, 2.45) is 10.8 Å². The molecule has 14 heteroatoms. The Bertz CT molecular complexity index is 2090. The lowest BCUT2D eigenvalue weighted by atomic mass is 9.57. The van der Waals surface area contributed by atoms with Crippen LogP contribution in [0.15, 0.2) is 97.3 Å². The molecule has 6 N–H and O–H groups in total. The monoisotopic (exact) mass is 772 g/mol. The highest BCUT2D eigenvalue weighted by molar-refractivity contribution is 6.00. The van der Waals surface area contributed by atoms with Gasteiger partial charge in [-0.05, 0) is 80.8 Å². The van der Waals surface area contributed by atoms with E-state index < -0.39 is 40.0 Å². The number of piperazine rings is 1. The molecular weight excluding hydrogens is 724 g/mol. The van der Waals surface area contributed by atoms with E-state index in [1.54, 1.807) is 24.4 Å². The number of imide groups is 1. The fourth-order valence-corrected chi connectivity index (χ4v) is 9.79. The SMILES string of the molecule is N#CC1(C2(Cc3cccc(-c4nccc(N5CCNCC5CC5(C6(NC7CCC(=O)NC7=O)C=CC=CC6F)CCNCC5)n4)c3)C=CC(=O)NN2)C=CC=CC1. The van der Waals surface area contributed by atoms with Crippen molar-refractivity contribution in [3.05, 3.63) is 103 Å². The van der Waals surface area contributed by atoms with Gasteiger partial charge in [0.15, 0.2) is 5.82 Å². The third-order valence-electron chi connectivity index (χ3n) is 12.8. The first-order valence-electron chi connectivity index (χ1n) is 19.9. The second-order valence-corrected chi connectivity index (χ2v) is 16.1. The highest BCUT2D eigenvalue weighted by Gasteiger charge is 2.57. The Balaban J connectivity index is 1.09. The molecule has 5 heterocycles. The molecule has 0 saturated carbocycles. The largest absolute Gasteiger partial charge is 0.351 e. The van der Waals surface area contributed by atoms with Crippen LogP contribution in [0.3, 0.4) is 0 Å². The van der Waals surface area contributed by atoms with Gasteiger partial charge in [0.1, 0.15) is 17.4 Å². The van der Waals surface area contributed by atoms with E-state index >= 15 is 4.39 Å². The quantitative estimate of drug-likeness (QED) is 0.196. The van der Waals surface area contributed by atoms with Gasteiger partial charge in [0.05, 0.1) is 23.2 Å². The van der Waals surface area contributed by atoms with Crippen LogP contribution >= 0.6 is 0 Å². The molecular formula is C43H49FN10O3. The minimum Gasteiger partial charge on any atom is -0.351 e. The predicted molar refractivity (Wildman–Crippen MR) is 214 cm³/mol. The van der Waals surface area contributed by atoms with Gasteiger partial charge in [0, 0.05) is 49.9 Å². The molecule has 3 amide bonds. The number of benzene rings is 1. The number of carbonyl (C=O) groups is 3. The molecule has 57 heavy (non-hydrogen) atoms. The normalized spacial score (nSPS) is 32.1. The number of amides is 3. The number of nitriles is 1. The van der Waals surface area contributed by atoms with E-state index in [9.17, 15) is 19.6 Å². The van der Waals surface area contributed by atoms with Crippen molar-refractivity contribution in [2.75, 3.05) is 37.6 Å². The lowest BCUT2D eigenvalue weighted by Crippen LogP contribution is -2.71. The zero-order valence-corrected chi connectivity index (χ0v) is 31.8. The summed E-state index contributed by atoms with van der Waals surface area (Å²) in [6.45, 7) is 3.51. The number of nitrogens with zero attached hydrogens (tertiary/aromatic N) is 4. The zero-order chi connectivity index (χ0) is 39.5. The number of alkyl halides is 1. The van der Waals surface area contributed by atoms with Crippen molar-refractivity contribution in [1.29, 1.82) is 5.26 Å². The number of allylic oxidation sites excluding steroid dienone is 5. The van der Waals surface area contributed by atoms with Gasteiger partial charge >= 0.3 is 0 Å². The Morgan fingerprint density at radius 2 is 1.88 bits per heavy atom. The number of rotatable bonds is 10. The van der Waals surface area contributed by atoms with Crippen molar-refractivity contribution < 1.29 is 18.8 Å². The molecule has 0 bridgehead atoms. The molecule has 1 aromatic carbocycles. The van der Waals surface area contributed by atoms with Gasteiger partial charge < -0.3 is 15.5 Å². The molecule has 1 aromatic heterocycles. The smallest absolute Gasteiger partial charge is 0.257 e. The lowest BCUT2D eigenvalue weighted by Gasteiger charge is -2.57. The van der Waals surface area contributed by atoms with Crippen LogP contribution in [0, 0.1) is 22.2 Å². The van der Waals surface area contributed by atoms with Crippen molar-refractivity contribution in [3.63, 3.8) is 0 Å². The van der Waals surface area contributed by atoms with Crippen LogP contribution in [0.2, 0.25) is 0 Å². The van der Waals surface area contributed by atoms with Gasteiger partial charge in [-0.25, -0.2) is 19.8 Å². The number of halogens is 1. The molecule has 4 aliphatic heterocycles. The summed E-state index contributed by atoms with van der Waals surface area (Å²) in [6.07, 6.45) is 21.8. The predicted octanol–water partition coefficient (Wildman–Crippen LogP) is 2.78. The molecule has 0 radical (unpaired) electrons. The van der Waals surface area contributed by atoms with E-state index in [4.69, 9.17) is 9.97 Å². The van der Waals surface area contributed by atoms with Crippen LogP contribution in [-0.2, 0) is 20.8 Å². The van der Waals surface area contributed by atoms with Gasteiger partial charge in [-0.1, -0.05) is 66.8 Å². The van der Waals surface area contributed by atoms with Gasteiger partial charge in [0.2, 0.25) is 11.8 Å². The van der Waals surface area contributed by atoms with Crippen LogP contribution < -0.4 is 37.0 Å². The first kappa shape index (κ1) is 38.5. The molecule has 3 saturated heterocycles. The van der Waals surface area contributed by atoms with Gasteiger partial charge in [-0.3, -0.25) is 30.4 Å². The molecule has 8 rings (SSSR count). The maximum Gasteiger partial charge on any atom is 0.257 e. The third-order valence-corrected chi connectivity index (χ3v) is 12.8. The molecule has 2 aromatic rings. The Kier molecular flexibility index (Phi) is 10.8. The fraction of sp³-hybridized carbons (Fsp3) is 0.442. The number of hydrazine groups is 1. The van der Waals surface area contributed by atoms with Gasteiger partial charge in [-0.15, -0.1) is 0 Å². The number of hydrogen-bond donors (Lipinski definition) is 6. The van der Waals surface area contributed by atoms with Gasteiger partial charge in [0.25, 0.3) is 5.91 Å². The molecule has 6 atom stereocenters. The minimum atomic E-state index is -1.39. The molecule has 296 valence electrons. The zero-order valence-electron chi connectivity index (χ0n) is 31.8. The first-order chi connectivity index (χ1) is 27.7. The summed E-state index contributed by atoms with van der Waals surface area (Å²) in [4.78, 5) is 49.5. The van der Waals surface area contributed by atoms with Crippen LogP contribution in [0.25, 0.3) is 11.4 Å². The van der Waals surface area contributed by atoms with Gasteiger partial charge in [-0.2, -0.15) is 5.26 Å². The van der Waals surface area contributed by atoms with Crippen LogP contribution in [0.4, 0.5) is 10.2 Å². The van der Waals surface area contributed by atoms with E-state index in [0.717, 1.165) is 23.5 Å². The highest BCUT2D eigenvalue weighted by Crippen LogP contribution is 2.50. The van der Waals surface area contributed by atoms with Crippen molar-refractivity contribution in [1.82, 2.24) is 42.1 Å². The first-order valence-corrected chi connectivity index (χ1v) is 19.9. The highest BCUT2D eigenvalue weighted by atomic mass is 19.1. The Morgan fingerprint density at radius 1 is 1.02 bits per heavy atom. The topological polar surface area (TPSA) is 176 Å². The van der Waals surface area contributed by atoms with E-state index in [-0.39, 0.29) is 24.3 Å². The number of carbonyl (C=O) groups excluding carboxylic acids is 3. The second kappa shape index (κ2) is 15.9. The molecule has 0 spiro atoms. The van der Waals surface area contributed by atoms with E-state index in [1.165, 1.54) is 6.08 Å². The second-order valence-electron chi connectivity index (χ2n) is 16.1.